The molecule has 6 heteroatoms. The summed E-state index contributed by atoms with van der Waals surface area (Å²) >= 11 is 0. The zero-order valence-electron chi connectivity index (χ0n) is 18.7. The number of carbonyl (C=O) groups excluding carboxylic acids is 1. The Hall–Kier alpha value is -2.60. The van der Waals surface area contributed by atoms with Crippen molar-refractivity contribution < 1.29 is 18.7 Å². The number of nitrogens with zero attached hydrogens (tertiary/aromatic N) is 2. The Morgan fingerprint density at radius 1 is 1.13 bits per heavy atom. The van der Waals surface area contributed by atoms with Crippen LogP contribution in [0.3, 0.4) is 0 Å². The van der Waals surface area contributed by atoms with E-state index < -0.39 is 0 Å². The fourth-order valence-electron chi connectivity index (χ4n) is 4.51. The van der Waals surface area contributed by atoms with Gasteiger partial charge >= 0.3 is 0 Å². The number of benzene rings is 2. The number of piperazine rings is 1. The molecule has 0 spiro atoms. The van der Waals surface area contributed by atoms with Crippen LogP contribution in [0.4, 0.5) is 4.39 Å². The van der Waals surface area contributed by atoms with Crippen LogP contribution in [-0.2, 0) is 17.8 Å². The van der Waals surface area contributed by atoms with Crippen molar-refractivity contribution in [2.75, 3.05) is 19.7 Å². The molecule has 0 radical (unpaired) electrons. The van der Waals surface area contributed by atoms with E-state index in [9.17, 15) is 9.18 Å². The minimum Gasteiger partial charge on any atom is -0.483 e. The maximum atomic E-state index is 13.2. The molecule has 0 aromatic heterocycles. The summed E-state index contributed by atoms with van der Waals surface area (Å²) in [6.07, 6.45) is 0.831. The summed E-state index contributed by atoms with van der Waals surface area (Å²) in [5.41, 5.74) is 1.94. The van der Waals surface area contributed by atoms with Gasteiger partial charge in [0.05, 0.1) is 0 Å². The van der Waals surface area contributed by atoms with E-state index in [0.29, 0.717) is 12.3 Å². The van der Waals surface area contributed by atoms with Gasteiger partial charge < -0.3 is 14.4 Å². The van der Waals surface area contributed by atoms with Crippen molar-refractivity contribution in [3.63, 3.8) is 0 Å². The number of carbonyl (C=O) groups is 1. The standard InChI is InChI=1S/C25H31FN2O3/c1-17-14-28(18(2)13-27(17)15-19-8-10-21(26)11-9-19)23(29)16-30-22-7-5-6-20-12-25(3,4)31-24(20)22/h5-11,17-18H,12-16H2,1-4H3/t17-,18+/m1/s1. The number of amides is 1. The van der Waals surface area contributed by atoms with E-state index in [2.05, 4.69) is 32.6 Å². The summed E-state index contributed by atoms with van der Waals surface area (Å²) in [5.74, 6) is 1.15. The molecule has 0 unspecified atom stereocenters. The monoisotopic (exact) mass is 426 g/mol. The maximum absolute atomic E-state index is 13.2. The van der Waals surface area contributed by atoms with Crippen LogP contribution in [0.15, 0.2) is 42.5 Å². The van der Waals surface area contributed by atoms with E-state index in [1.54, 1.807) is 0 Å². The summed E-state index contributed by atoms with van der Waals surface area (Å²) in [6, 6.07) is 12.8. The van der Waals surface area contributed by atoms with Gasteiger partial charge in [-0.25, -0.2) is 4.39 Å². The van der Waals surface area contributed by atoms with Gasteiger partial charge in [0.1, 0.15) is 11.4 Å². The van der Waals surface area contributed by atoms with Crippen molar-refractivity contribution >= 4 is 5.91 Å². The summed E-state index contributed by atoms with van der Waals surface area (Å²) in [4.78, 5) is 17.2. The zero-order valence-corrected chi connectivity index (χ0v) is 18.7. The van der Waals surface area contributed by atoms with Crippen LogP contribution < -0.4 is 9.47 Å². The van der Waals surface area contributed by atoms with Crippen molar-refractivity contribution in [1.29, 1.82) is 0 Å². The van der Waals surface area contributed by atoms with Crippen LogP contribution in [0.5, 0.6) is 11.5 Å². The smallest absolute Gasteiger partial charge is 0.260 e. The first-order valence-corrected chi connectivity index (χ1v) is 10.9. The first-order chi connectivity index (χ1) is 14.7. The fraction of sp³-hybridized carbons (Fsp3) is 0.480. The predicted molar refractivity (Wildman–Crippen MR) is 118 cm³/mol. The highest BCUT2D eigenvalue weighted by molar-refractivity contribution is 5.78. The van der Waals surface area contributed by atoms with Gasteiger partial charge in [-0.3, -0.25) is 9.69 Å². The van der Waals surface area contributed by atoms with E-state index >= 15 is 0 Å². The Balaban J connectivity index is 1.35. The molecule has 2 aromatic carbocycles. The molecule has 166 valence electrons. The van der Waals surface area contributed by atoms with Crippen LogP contribution in [0.1, 0.15) is 38.8 Å². The summed E-state index contributed by atoms with van der Waals surface area (Å²) in [6.45, 7) is 10.4. The second-order valence-electron chi connectivity index (χ2n) is 9.37. The number of halogens is 1. The van der Waals surface area contributed by atoms with Gasteiger partial charge in [0, 0.05) is 43.7 Å². The van der Waals surface area contributed by atoms with E-state index in [-0.39, 0.29) is 36.0 Å². The molecule has 4 rings (SSSR count). The minimum absolute atomic E-state index is 0.00470. The Labute approximate surface area is 183 Å². The third kappa shape index (κ3) is 4.85. The topological polar surface area (TPSA) is 42.0 Å². The molecule has 0 saturated carbocycles. The van der Waals surface area contributed by atoms with Crippen molar-refractivity contribution in [2.45, 2.75) is 58.3 Å². The molecular weight excluding hydrogens is 395 g/mol. The molecule has 2 aromatic rings. The molecule has 0 bridgehead atoms. The molecule has 5 nitrogen and oxygen atoms in total. The molecule has 2 aliphatic heterocycles. The molecular formula is C25H31FN2O3. The van der Waals surface area contributed by atoms with Crippen molar-refractivity contribution in [1.82, 2.24) is 9.80 Å². The SMILES string of the molecule is C[C@@H]1CN(C(=O)COc2cccc3c2OC(C)(C)C3)[C@@H](C)CN1Cc1ccc(F)cc1. The lowest BCUT2D eigenvalue weighted by Crippen LogP contribution is -2.58. The van der Waals surface area contributed by atoms with Gasteiger partial charge in [-0.2, -0.15) is 0 Å². The first-order valence-electron chi connectivity index (χ1n) is 10.9. The number of ether oxygens (including phenoxy) is 2. The Kier molecular flexibility index (Phi) is 5.93. The zero-order chi connectivity index (χ0) is 22.2. The van der Waals surface area contributed by atoms with Crippen LogP contribution in [0.25, 0.3) is 0 Å². The average molecular weight is 427 g/mol. The van der Waals surface area contributed by atoms with Gasteiger partial charge in [0.15, 0.2) is 18.1 Å². The summed E-state index contributed by atoms with van der Waals surface area (Å²) in [5, 5.41) is 0. The van der Waals surface area contributed by atoms with Crippen molar-refractivity contribution in [3.8, 4) is 11.5 Å². The summed E-state index contributed by atoms with van der Waals surface area (Å²) in [7, 11) is 0. The first kappa shape index (κ1) is 21.6. The highest BCUT2D eigenvalue weighted by Gasteiger charge is 2.34. The largest absolute Gasteiger partial charge is 0.483 e. The molecule has 1 amide bonds. The molecule has 0 N–H and O–H groups in total. The molecule has 0 aliphatic carbocycles. The van der Waals surface area contributed by atoms with E-state index in [0.717, 1.165) is 36.4 Å². The third-order valence-electron chi connectivity index (χ3n) is 6.14. The van der Waals surface area contributed by atoms with Gasteiger partial charge in [0.2, 0.25) is 0 Å². The molecule has 1 saturated heterocycles. The quantitative estimate of drug-likeness (QED) is 0.724. The molecule has 2 aliphatic rings. The summed E-state index contributed by atoms with van der Waals surface area (Å²) < 4.78 is 25.1. The number of fused-ring (bicyclic) bond motifs is 1. The normalized spacial score (nSPS) is 22.7. The maximum Gasteiger partial charge on any atom is 0.260 e. The number of hydrogen-bond donors (Lipinski definition) is 0. The highest BCUT2D eigenvalue weighted by Crippen LogP contribution is 2.41. The molecule has 1 fully saturated rings. The highest BCUT2D eigenvalue weighted by atomic mass is 19.1. The number of hydrogen-bond acceptors (Lipinski definition) is 4. The van der Waals surface area contributed by atoms with Crippen LogP contribution >= 0.6 is 0 Å². The molecule has 31 heavy (non-hydrogen) atoms. The second kappa shape index (κ2) is 8.50. The number of para-hydroxylation sites is 1. The molecule has 2 heterocycles. The molecule has 2 atom stereocenters. The fourth-order valence-corrected chi connectivity index (χ4v) is 4.51. The lowest BCUT2D eigenvalue weighted by molar-refractivity contribution is -0.139. The predicted octanol–water partition coefficient (Wildman–Crippen LogP) is 4.04. The van der Waals surface area contributed by atoms with E-state index in [1.807, 2.05) is 35.2 Å². The van der Waals surface area contributed by atoms with Crippen molar-refractivity contribution in [3.05, 3.63) is 59.4 Å². The van der Waals surface area contributed by atoms with Gasteiger partial charge in [-0.15, -0.1) is 0 Å². The lowest BCUT2D eigenvalue weighted by atomic mass is 10.0. The Morgan fingerprint density at radius 2 is 1.87 bits per heavy atom. The number of rotatable bonds is 5. The third-order valence-corrected chi connectivity index (χ3v) is 6.14. The Bertz CT molecular complexity index is 944. The second-order valence-corrected chi connectivity index (χ2v) is 9.37. The van der Waals surface area contributed by atoms with Gasteiger partial charge in [0.25, 0.3) is 5.91 Å². The van der Waals surface area contributed by atoms with Crippen LogP contribution in [0.2, 0.25) is 0 Å². The van der Waals surface area contributed by atoms with Crippen molar-refractivity contribution in [2.24, 2.45) is 0 Å². The average Bonchev–Trinajstić information content (AvgIpc) is 3.04. The van der Waals surface area contributed by atoms with Gasteiger partial charge in [-0.1, -0.05) is 24.3 Å². The van der Waals surface area contributed by atoms with Crippen LogP contribution in [0, 0.1) is 5.82 Å². The van der Waals surface area contributed by atoms with E-state index in [1.165, 1.54) is 12.1 Å². The van der Waals surface area contributed by atoms with Crippen LogP contribution in [-0.4, -0.2) is 53.1 Å². The minimum atomic E-state index is -0.253. The lowest BCUT2D eigenvalue weighted by Gasteiger charge is -2.44. The van der Waals surface area contributed by atoms with Gasteiger partial charge in [-0.05, 0) is 51.5 Å². The Morgan fingerprint density at radius 3 is 2.61 bits per heavy atom. The van der Waals surface area contributed by atoms with E-state index in [4.69, 9.17) is 9.47 Å².